The summed E-state index contributed by atoms with van der Waals surface area (Å²) in [5, 5.41) is 0.123. The van der Waals surface area contributed by atoms with Crippen molar-refractivity contribution in [3.63, 3.8) is 0 Å². The average molecular weight is 179 g/mol. The topological polar surface area (TPSA) is 0 Å². The molecule has 0 saturated heterocycles. The Kier molecular flexibility index (Phi) is 2.52. The molecule has 1 rings (SSSR count). The molecule has 0 aliphatic heterocycles. The smallest absolute Gasteiger partial charge is 0.141 e. The number of alkyl halides is 1. The van der Waals surface area contributed by atoms with Crippen LogP contribution in [0.3, 0.4) is 0 Å². The molecule has 0 atom stereocenters. The van der Waals surface area contributed by atoms with Crippen LogP contribution in [0.1, 0.15) is 5.56 Å². The van der Waals surface area contributed by atoms with E-state index in [9.17, 15) is 4.39 Å². The van der Waals surface area contributed by atoms with Gasteiger partial charge in [0.05, 0.1) is 5.02 Å². The van der Waals surface area contributed by atoms with Gasteiger partial charge in [-0.2, -0.15) is 0 Å². The van der Waals surface area contributed by atoms with Crippen molar-refractivity contribution in [2.24, 2.45) is 0 Å². The van der Waals surface area contributed by atoms with Crippen LogP contribution in [0.5, 0.6) is 0 Å². The van der Waals surface area contributed by atoms with Crippen LogP contribution >= 0.6 is 23.2 Å². The average Bonchev–Trinajstić information content (AvgIpc) is 1.95. The van der Waals surface area contributed by atoms with Gasteiger partial charge in [0.1, 0.15) is 5.82 Å². The highest BCUT2D eigenvalue weighted by atomic mass is 35.5. The highest BCUT2D eigenvalue weighted by molar-refractivity contribution is 6.30. The van der Waals surface area contributed by atoms with Crippen LogP contribution in [0.15, 0.2) is 18.2 Å². The summed E-state index contributed by atoms with van der Waals surface area (Å²) >= 11 is 10.9. The summed E-state index contributed by atoms with van der Waals surface area (Å²) in [6.07, 6.45) is 0. The molecule has 10 heavy (non-hydrogen) atoms. The zero-order valence-corrected chi connectivity index (χ0v) is 6.58. The second-order valence-corrected chi connectivity index (χ2v) is 2.56. The van der Waals surface area contributed by atoms with Gasteiger partial charge in [-0.15, -0.1) is 11.6 Å². The molecular weight excluding hydrogens is 174 g/mol. The monoisotopic (exact) mass is 178 g/mol. The van der Waals surface area contributed by atoms with E-state index in [2.05, 4.69) is 0 Å². The second-order valence-electron chi connectivity index (χ2n) is 1.88. The maximum atomic E-state index is 12.5. The van der Waals surface area contributed by atoms with Gasteiger partial charge in [0.25, 0.3) is 0 Å². The first kappa shape index (κ1) is 7.83. The molecule has 54 valence electrons. The molecule has 1 aromatic rings. The summed E-state index contributed by atoms with van der Waals surface area (Å²) < 4.78 is 12.5. The van der Waals surface area contributed by atoms with E-state index in [-0.39, 0.29) is 5.02 Å². The first-order valence-corrected chi connectivity index (χ1v) is 3.65. The summed E-state index contributed by atoms with van der Waals surface area (Å²) in [5.74, 6) is -0.0458. The lowest BCUT2D eigenvalue weighted by Crippen LogP contribution is -1.80. The molecule has 0 heterocycles. The molecule has 0 amide bonds. The van der Waals surface area contributed by atoms with Gasteiger partial charge in [-0.05, 0) is 17.7 Å². The third-order valence-electron chi connectivity index (χ3n) is 1.14. The number of hydrogen-bond donors (Lipinski definition) is 0. The Bertz CT molecular complexity index is 235. The standard InChI is InChI=1S/C7H5Cl2F/c8-4-5-1-2-7(10)6(9)3-5/h1-3H,4H2. The Hall–Kier alpha value is -0.270. The molecule has 0 aromatic heterocycles. The lowest BCUT2D eigenvalue weighted by molar-refractivity contribution is 0.628. The summed E-state index contributed by atoms with van der Waals surface area (Å²) in [4.78, 5) is 0. The maximum absolute atomic E-state index is 12.5. The van der Waals surface area contributed by atoms with E-state index in [1.807, 2.05) is 0 Å². The molecule has 0 radical (unpaired) electrons. The van der Waals surface area contributed by atoms with E-state index in [0.29, 0.717) is 5.88 Å². The highest BCUT2D eigenvalue weighted by Gasteiger charge is 1.98. The third kappa shape index (κ3) is 1.61. The van der Waals surface area contributed by atoms with Crippen LogP contribution in [-0.4, -0.2) is 0 Å². The Morgan fingerprint density at radius 2 is 2.10 bits per heavy atom. The largest absolute Gasteiger partial charge is 0.205 e. The Labute approximate surface area is 68.6 Å². The van der Waals surface area contributed by atoms with Crippen LogP contribution in [-0.2, 0) is 5.88 Å². The number of benzene rings is 1. The zero-order valence-electron chi connectivity index (χ0n) is 5.07. The van der Waals surface area contributed by atoms with Gasteiger partial charge in [0, 0.05) is 5.88 Å². The second kappa shape index (κ2) is 3.22. The van der Waals surface area contributed by atoms with Crippen molar-refractivity contribution in [2.45, 2.75) is 5.88 Å². The number of halogens is 3. The van der Waals surface area contributed by atoms with Gasteiger partial charge in [0.2, 0.25) is 0 Å². The minimum Gasteiger partial charge on any atom is -0.205 e. The number of rotatable bonds is 1. The maximum Gasteiger partial charge on any atom is 0.141 e. The van der Waals surface area contributed by atoms with E-state index in [1.54, 1.807) is 6.07 Å². The Morgan fingerprint density at radius 1 is 1.40 bits per heavy atom. The molecule has 3 heteroatoms. The van der Waals surface area contributed by atoms with E-state index in [4.69, 9.17) is 23.2 Å². The molecule has 0 aliphatic carbocycles. The predicted octanol–water partition coefficient (Wildman–Crippen LogP) is 3.22. The molecule has 0 aliphatic rings. The van der Waals surface area contributed by atoms with Crippen molar-refractivity contribution < 1.29 is 4.39 Å². The molecule has 0 spiro atoms. The molecule has 0 bridgehead atoms. The number of hydrogen-bond acceptors (Lipinski definition) is 0. The molecule has 0 unspecified atom stereocenters. The van der Waals surface area contributed by atoms with Gasteiger partial charge < -0.3 is 0 Å². The zero-order chi connectivity index (χ0) is 7.56. The molecular formula is C7H5Cl2F. The Morgan fingerprint density at radius 3 is 2.60 bits per heavy atom. The first-order valence-electron chi connectivity index (χ1n) is 2.74. The van der Waals surface area contributed by atoms with Crippen molar-refractivity contribution in [3.05, 3.63) is 34.6 Å². The van der Waals surface area contributed by atoms with Gasteiger partial charge in [-0.3, -0.25) is 0 Å². The molecule has 0 nitrogen and oxygen atoms in total. The van der Waals surface area contributed by atoms with Crippen molar-refractivity contribution >= 4 is 23.2 Å². The van der Waals surface area contributed by atoms with E-state index >= 15 is 0 Å². The third-order valence-corrected chi connectivity index (χ3v) is 1.74. The van der Waals surface area contributed by atoms with E-state index < -0.39 is 5.82 Å². The van der Waals surface area contributed by atoms with Crippen molar-refractivity contribution in [2.75, 3.05) is 0 Å². The van der Waals surface area contributed by atoms with Crippen molar-refractivity contribution in [1.82, 2.24) is 0 Å². The quantitative estimate of drug-likeness (QED) is 0.580. The highest BCUT2D eigenvalue weighted by Crippen LogP contribution is 2.16. The minimum atomic E-state index is -0.407. The first-order chi connectivity index (χ1) is 4.74. The summed E-state index contributed by atoms with van der Waals surface area (Å²) in [6.45, 7) is 0. The van der Waals surface area contributed by atoms with Crippen LogP contribution in [0.4, 0.5) is 4.39 Å². The molecule has 0 saturated carbocycles. The lowest BCUT2D eigenvalue weighted by atomic mass is 10.2. The normalized spacial score (nSPS) is 9.90. The van der Waals surface area contributed by atoms with Crippen LogP contribution in [0.2, 0.25) is 5.02 Å². The Balaban J connectivity index is 3.04. The fourth-order valence-corrected chi connectivity index (χ4v) is 0.992. The predicted molar refractivity (Wildman–Crippen MR) is 41.0 cm³/mol. The van der Waals surface area contributed by atoms with Gasteiger partial charge in [-0.1, -0.05) is 17.7 Å². The van der Waals surface area contributed by atoms with Crippen LogP contribution < -0.4 is 0 Å². The fourth-order valence-electron chi connectivity index (χ4n) is 0.623. The summed E-state index contributed by atoms with van der Waals surface area (Å²) in [5.41, 5.74) is 0.827. The van der Waals surface area contributed by atoms with E-state index in [1.165, 1.54) is 12.1 Å². The van der Waals surface area contributed by atoms with Gasteiger partial charge in [-0.25, -0.2) is 4.39 Å². The lowest BCUT2D eigenvalue weighted by Gasteiger charge is -1.95. The molecule has 0 fully saturated rings. The summed E-state index contributed by atoms with van der Waals surface area (Å²) in [6, 6.07) is 4.43. The van der Waals surface area contributed by atoms with Gasteiger partial charge >= 0.3 is 0 Å². The van der Waals surface area contributed by atoms with Crippen LogP contribution in [0.25, 0.3) is 0 Å². The SMILES string of the molecule is Fc1ccc(CCl)cc1Cl. The van der Waals surface area contributed by atoms with Crippen molar-refractivity contribution in [3.8, 4) is 0 Å². The fraction of sp³-hybridized carbons (Fsp3) is 0.143. The van der Waals surface area contributed by atoms with Gasteiger partial charge in [0.15, 0.2) is 0 Å². The molecule has 0 N–H and O–H groups in total. The molecule has 1 aromatic carbocycles. The van der Waals surface area contributed by atoms with Crippen molar-refractivity contribution in [1.29, 1.82) is 0 Å². The minimum absolute atomic E-state index is 0.123. The van der Waals surface area contributed by atoms with Crippen LogP contribution in [0, 0.1) is 5.82 Å². The van der Waals surface area contributed by atoms with E-state index in [0.717, 1.165) is 5.56 Å². The summed E-state index contributed by atoms with van der Waals surface area (Å²) in [7, 11) is 0.